The van der Waals surface area contributed by atoms with Gasteiger partial charge in [0, 0.05) is 40.2 Å². The molecule has 20 heavy (non-hydrogen) atoms. The van der Waals surface area contributed by atoms with Crippen LogP contribution in [-0.4, -0.2) is 15.2 Å². The fourth-order valence-electron chi connectivity index (χ4n) is 2.04. The van der Waals surface area contributed by atoms with Crippen molar-refractivity contribution in [2.24, 2.45) is 0 Å². The number of nitrogens with one attached hydrogen (secondary N) is 1. The van der Waals surface area contributed by atoms with Crippen LogP contribution in [0.5, 0.6) is 5.75 Å². The largest absolute Gasteiger partial charge is 0.506 e. The van der Waals surface area contributed by atoms with E-state index in [1.165, 1.54) is 9.75 Å². The minimum Gasteiger partial charge on any atom is -0.506 e. The molecule has 108 valence electrons. The summed E-state index contributed by atoms with van der Waals surface area (Å²) in [6, 6.07) is 4.27. The lowest BCUT2D eigenvalue weighted by atomic mass is 10.1. The highest BCUT2D eigenvalue weighted by atomic mass is 32.1. The third-order valence-electron chi connectivity index (χ3n) is 3.27. The van der Waals surface area contributed by atoms with Gasteiger partial charge in [-0.05, 0) is 25.5 Å². The maximum atomic E-state index is 10.0. The van der Waals surface area contributed by atoms with E-state index in [4.69, 9.17) is 0 Å². The Bertz CT molecular complexity index is 581. The first kappa shape index (κ1) is 15.0. The molecule has 2 aromatic heterocycles. The quantitative estimate of drug-likeness (QED) is 0.765. The molecule has 3 N–H and O–H groups in total. The molecule has 0 aliphatic carbocycles. The smallest absolute Gasteiger partial charge is 0.141 e. The van der Waals surface area contributed by atoms with E-state index in [1.54, 1.807) is 24.5 Å². The number of aromatic nitrogens is 1. The predicted octanol–water partition coefficient (Wildman–Crippen LogP) is 2.50. The van der Waals surface area contributed by atoms with E-state index in [-0.39, 0.29) is 12.4 Å². The van der Waals surface area contributed by atoms with Crippen LogP contribution < -0.4 is 5.32 Å². The molecule has 0 radical (unpaired) electrons. The van der Waals surface area contributed by atoms with Crippen molar-refractivity contribution in [3.05, 3.63) is 44.9 Å². The van der Waals surface area contributed by atoms with Gasteiger partial charge in [0.05, 0.1) is 12.3 Å². The summed E-state index contributed by atoms with van der Waals surface area (Å²) in [5.41, 5.74) is 1.98. The van der Waals surface area contributed by atoms with Gasteiger partial charge in [0.25, 0.3) is 0 Å². The van der Waals surface area contributed by atoms with Crippen molar-refractivity contribution in [3.8, 4) is 5.75 Å². The summed E-state index contributed by atoms with van der Waals surface area (Å²) in [7, 11) is 0. The van der Waals surface area contributed by atoms with Crippen molar-refractivity contribution < 1.29 is 10.2 Å². The topological polar surface area (TPSA) is 65.4 Å². The van der Waals surface area contributed by atoms with E-state index in [2.05, 4.69) is 29.4 Å². The van der Waals surface area contributed by atoms with Crippen LogP contribution in [-0.2, 0) is 26.1 Å². The number of aliphatic hydroxyl groups is 1. The number of nitrogens with zero attached hydrogens (tertiary/aromatic N) is 1. The van der Waals surface area contributed by atoms with Crippen LogP contribution in [0.1, 0.15) is 33.5 Å². The number of hydrogen-bond acceptors (Lipinski definition) is 5. The van der Waals surface area contributed by atoms with Gasteiger partial charge >= 0.3 is 0 Å². The molecule has 0 saturated heterocycles. The molecule has 0 unspecified atom stereocenters. The molecule has 5 heteroatoms. The molecule has 0 fully saturated rings. The van der Waals surface area contributed by atoms with Crippen molar-refractivity contribution >= 4 is 11.3 Å². The number of aryl methyl sites for hydroxylation is 2. The molecule has 0 amide bonds. The number of pyridine rings is 1. The molecule has 2 rings (SSSR count). The number of thiophene rings is 1. The first-order valence-corrected chi connectivity index (χ1v) is 7.52. The summed E-state index contributed by atoms with van der Waals surface area (Å²) in [6.45, 7) is 5.07. The summed E-state index contributed by atoms with van der Waals surface area (Å²) >= 11 is 1.80. The van der Waals surface area contributed by atoms with Crippen molar-refractivity contribution in [2.75, 3.05) is 0 Å². The minimum absolute atomic E-state index is 0.114. The highest BCUT2D eigenvalue weighted by Gasteiger charge is 2.11. The fourth-order valence-corrected chi connectivity index (χ4v) is 2.96. The third kappa shape index (κ3) is 3.36. The second-order valence-electron chi connectivity index (χ2n) is 4.68. The molecular weight excluding hydrogens is 272 g/mol. The zero-order valence-electron chi connectivity index (χ0n) is 11.8. The predicted molar refractivity (Wildman–Crippen MR) is 80.8 cm³/mol. The minimum atomic E-state index is -0.114. The summed E-state index contributed by atoms with van der Waals surface area (Å²) < 4.78 is 0. The monoisotopic (exact) mass is 292 g/mol. The SMILES string of the molecule is CCc1ccc(CNCc2c(CO)cnc(C)c2O)s1. The van der Waals surface area contributed by atoms with Crippen LogP contribution in [0.3, 0.4) is 0 Å². The van der Waals surface area contributed by atoms with Gasteiger partial charge in [-0.2, -0.15) is 0 Å². The van der Waals surface area contributed by atoms with Gasteiger partial charge in [0.2, 0.25) is 0 Å². The molecule has 2 aromatic rings. The van der Waals surface area contributed by atoms with E-state index in [1.807, 2.05) is 0 Å². The molecular formula is C15H20N2O2S. The Morgan fingerprint density at radius 2 is 2.00 bits per heavy atom. The molecule has 0 aliphatic heterocycles. The van der Waals surface area contributed by atoms with Crippen molar-refractivity contribution in [1.82, 2.24) is 10.3 Å². The average molecular weight is 292 g/mol. The fraction of sp³-hybridized carbons (Fsp3) is 0.400. The Kier molecular flexibility index (Phi) is 5.11. The van der Waals surface area contributed by atoms with Crippen LogP contribution in [0.15, 0.2) is 18.3 Å². The second kappa shape index (κ2) is 6.83. The van der Waals surface area contributed by atoms with Gasteiger partial charge in [-0.1, -0.05) is 6.92 Å². The van der Waals surface area contributed by atoms with Crippen molar-refractivity contribution in [2.45, 2.75) is 40.0 Å². The molecule has 0 aliphatic rings. The molecule has 0 bridgehead atoms. The van der Waals surface area contributed by atoms with Gasteiger partial charge in [-0.25, -0.2) is 0 Å². The van der Waals surface area contributed by atoms with Crippen LogP contribution >= 0.6 is 11.3 Å². The van der Waals surface area contributed by atoms with Crippen LogP contribution in [0, 0.1) is 6.92 Å². The van der Waals surface area contributed by atoms with Crippen LogP contribution in [0.4, 0.5) is 0 Å². The molecule has 0 spiro atoms. The number of aromatic hydroxyl groups is 1. The summed E-state index contributed by atoms with van der Waals surface area (Å²) in [6.07, 6.45) is 2.68. The zero-order chi connectivity index (χ0) is 14.5. The zero-order valence-corrected chi connectivity index (χ0v) is 12.6. The van der Waals surface area contributed by atoms with Gasteiger partial charge in [0.15, 0.2) is 0 Å². The lowest BCUT2D eigenvalue weighted by Crippen LogP contribution is -2.14. The normalized spacial score (nSPS) is 10.9. The van der Waals surface area contributed by atoms with Gasteiger partial charge in [-0.3, -0.25) is 4.98 Å². The third-order valence-corrected chi connectivity index (χ3v) is 4.50. The highest BCUT2D eigenvalue weighted by molar-refractivity contribution is 7.11. The van der Waals surface area contributed by atoms with E-state index >= 15 is 0 Å². The molecule has 0 atom stereocenters. The Morgan fingerprint density at radius 3 is 2.65 bits per heavy atom. The van der Waals surface area contributed by atoms with E-state index in [0.717, 1.165) is 18.5 Å². The first-order valence-electron chi connectivity index (χ1n) is 6.71. The van der Waals surface area contributed by atoms with Gasteiger partial charge in [0.1, 0.15) is 5.75 Å². The van der Waals surface area contributed by atoms with E-state index in [0.29, 0.717) is 17.8 Å². The number of rotatable bonds is 6. The standard InChI is InChI=1S/C15H20N2O2S/c1-3-12-4-5-13(20-12)7-16-8-14-11(9-18)6-17-10(2)15(14)19/h4-6,16,18-19H,3,7-9H2,1-2H3. The molecule has 0 saturated carbocycles. The maximum absolute atomic E-state index is 10.0. The summed E-state index contributed by atoms with van der Waals surface area (Å²) in [5, 5.41) is 22.7. The molecule has 4 nitrogen and oxygen atoms in total. The van der Waals surface area contributed by atoms with E-state index in [9.17, 15) is 10.2 Å². The lowest BCUT2D eigenvalue weighted by Gasteiger charge is -2.11. The van der Waals surface area contributed by atoms with Gasteiger partial charge in [-0.15, -0.1) is 11.3 Å². The molecule has 2 heterocycles. The lowest BCUT2D eigenvalue weighted by molar-refractivity contribution is 0.278. The summed E-state index contributed by atoms with van der Waals surface area (Å²) in [5.74, 6) is 0.171. The van der Waals surface area contributed by atoms with E-state index < -0.39 is 0 Å². The van der Waals surface area contributed by atoms with Crippen LogP contribution in [0.25, 0.3) is 0 Å². The second-order valence-corrected chi connectivity index (χ2v) is 5.93. The Morgan fingerprint density at radius 1 is 1.25 bits per heavy atom. The summed E-state index contributed by atoms with van der Waals surface area (Å²) in [4.78, 5) is 6.71. The van der Waals surface area contributed by atoms with Gasteiger partial charge < -0.3 is 15.5 Å². The first-order chi connectivity index (χ1) is 9.65. The maximum Gasteiger partial charge on any atom is 0.141 e. The average Bonchev–Trinajstić information content (AvgIpc) is 2.91. The number of hydrogen-bond donors (Lipinski definition) is 3. The molecule has 0 aromatic carbocycles. The van der Waals surface area contributed by atoms with Crippen molar-refractivity contribution in [1.29, 1.82) is 0 Å². The Labute approximate surface area is 123 Å². The Balaban J connectivity index is 2.01. The van der Waals surface area contributed by atoms with Crippen molar-refractivity contribution in [3.63, 3.8) is 0 Å². The Hall–Kier alpha value is -1.43. The van der Waals surface area contributed by atoms with Crippen LogP contribution in [0.2, 0.25) is 0 Å². The number of aliphatic hydroxyl groups excluding tert-OH is 1. The highest BCUT2D eigenvalue weighted by Crippen LogP contribution is 2.24.